The summed E-state index contributed by atoms with van der Waals surface area (Å²) in [7, 11) is 3.88. The average molecular weight is 278 g/mol. The number of rotatable bonds is 5. The molecule has 1 aromatic rings. The zero-order valence-corrected chi connectivity index (χ0v) is 13.0. The van der Waals surface area contributed by atoms with E-state index in [9.17, 15) is 5.11 Å². The molecule has 0 atom stereocenters. The third-order valence-corrected chi connectivity index (χ3v) is 4.15. The van der Waals surface area contributed by atoms with Crippen LogP contribution >= 0.6 is 0 Å². The molecule has 20 heavy (non-hydrogen) atoms. The van der Waals surface area contributed by atoms with Crippen molar-refractivity contribution < 1.29 is 5.11 Å². The molecule has 0 unspecified atom stereocenters. The maximum Gasteiger partial charge on any atom is 0.137 e. The van der Waals surface area contributed by atoms with E-state index in [2.05, 4.69) is 27.1 Å². The van der Waals surface area contributed by atoms with Crippen LogP contribution in [0.4, 0.5) is 11.6 Å². The molecule has 2 rings (SSSR count). The largest absolute Gasteiger partial charge is 0.388 e. The van der Waals surface area contributed by atoms with E-state index in [1.165, 1.54) is 0 Å². The normalized spacial score (nSPS) is 17.2. The molecule has 0 amide bonds. The van der Waals surface area contributed by atoms with E-state index in [0.717, 1.165) is 55.1 Å². The molecule has 1 fully saturated rings. The molecular weight excluding hydrogens is 252 g/mol. The molecule has 0 aromatic carbocycles. The summed E-state index contributed by atoms with van der Waals surface area (Å²) in [5.41, 5.74) is 0.479. The molecule has 112 valence electrons. The quantitative estimate of drug-likeness (QED) is 0.864. The van der Waals surface area contributed by atoms with Crippen LogP contribution in [0.5, 0.6) is 0 Å². The zero-order chi connectivity index (χ0) is 14.8. The number of likely N-dealkylation sites (N-methyl/N-ethyl adjacent to an activating group) is 1. The van der Waals surface area contributed by atoms with Gasteiger partial charge in [-0.2, -0.15) is 0 Å². The van der Waals surface area contributed by atoms with Crippen molar-refractivity contribution in [1.82, 2.24) is 9.97 Å². The van der Waals surface area contributed by atoms with Crippen molar-refractivity contribution in [2.75, 3.05) is 30.9 Å². The van der Waals surface area contributed by atoms with E-state index >= 15 is 0 Å². The zero-order valence-electron chi connectivity index (χ0n) is 13.0. The highest BCUT2D eigenvalue weighted by Gasteiger charge is 2.33. The molecule has 1 saturated carbocycles. The molecule has 1 aromatic heterocycles. The van der Waals surface area contributed by atoms with Crippen LogP contribution in [0.15, 0.2) is 0 Å². The third kappa shape index (κ3) is 3.03. The van der Waals surface area contributed by atoms with Crippen LogP contribution in [-0.4, -0.2) is 41.3 Å². The minimum absolute atomic E-state index is 0.557. The van der Waals surface area contributed by atoms with Gasteiger partial charge in [-0.05, 0) is 19.8 Å². The summed E-state index contributed by atoms with van der Waals surface area (Å²) in [5, 5.41) is 13.7. The molecule has 0 radical (unpaired) electrons. The van der Waals surface area contributed by atoms with Crippen LogP contribution in [0, 0.1) is 6.92 Å². The van der Waals surface area contributed by atoms with Gasteiger partial charge in [0.15, 0.2) is 0 Å². The molecule has 1 heterocycles. The molecular formula is C15H26N4O. The summed E-state index contributed by atoms with van der Waals surface area (Å²) in [6.07, 6.45) is 4.83. The lowest BCUT2D eigenvalue weighted by molar-refractivity contribution is 0.0557. The van der Waals surface area contributed by atoms with Gasteiger partial charge in [-0.25, -0.2) is 9.97 Å². The van der Waals surface area contributed by atoms with Crippen LogP contribution < -0.4 is 10.2 Å². The van der Waals surface area contributed by atoms with Gasteiger partial charge in [0.2, 0.25) is 0 Å². The van der Waals surface area contributed by atoms with Gasteiger partial charge in [0, 0.05) is 32.6 Å². The highest BCUT2D eigenvalue weighted by molar-refractivity contribution is 5.58. The molecule has 5 heteroatoms. The average Bonchev–Trinajstić information content (AvgIpc) is 2.85. The first kappa shape index (κ1) is 15.0. The van der Waals surface area contributed by atoms with Crippen LogP contribution in [0.1, 0.15) is 44.0 Å². The fraction of sp³-hybridized carbons (Fsp3) is 0.733. The van der Waals surface area contributed by atoms with Gasteiger partial charge in [-0.15, -0.1) is 0 Å². The maximum atomic E-state index is 10.6. The molecule has 0 saturated heterocycles. The Kier molecular flexibility index (Phi) is 4.48. The lowest BCUT2D eigenvalue weighted by atomic mass is 10.0. The van der Waals surface area contributed by atoms with E-state index in [1.54, 1.807) is 0 Å². The highest BCUT2D eigenvalue weighted by Crippen LogP contribution is 2.32. The second-order valence-electron chi connectivity index (χ2n) is 5.83. The monoisotopic (exact) mass is 278 g/mol. The number of nitrogens with one attached hydrogen (secondary N) is 1. The van der Waals surface area contributed by atoms with Gasteiger partial charge in [0.25, 0.3) is 0 Å². The minimum atomic E-state index is -0.557. The lowest BCUT2D eigenvalue weighted by Crippen LogP contribution is -2.40. The summed E-state index contributed by atoms with van der Waals surface area (Å²) in [6, 6.07) is 0. The van der Waals surface area contributed by atoms with E-state index in [-0.39, 0.29) is 0 Å². The van der Waals surface area contributed by atoms with Crippen LogP contribution in [0.2, 0.25) is 0 Å². The predicted octanol–water partition coefficient (Wildman–Crippen LogP) is 2.13. The highest BCUT2D eigenvalue weighted by atomic mass is 16.3. The topological polar surface area (TPSA) is 61.3 Å². The first-order valence-corrected chi connectivity index (χ1v) is 7.48. The second-order valence-corrected chi connectivity index (χ2v) is 5.83. The summed E-state index contributed by atoms with van der Waals surface area (Å²) in [5.74, 6) is 2.62. The first-order chi connectivity index (χ1) is 9.49. The number of aryl methyl sites for hydroxylation is 1. The third-order valence-electron chi connectivity index (χ3n) is 4.15. The summed E-state index contributed by atoms with van der Waals surface area (Å²) >= 11 is 0. The van der Waals surface area contributed by atoms with Crippen molar-refractivity contribution >= 4 is 11.6 Å². The Morgan fingerprint density at radius 3 is 2.50 bits per heavy atom. The number of hydrogen-bond donors (Lipinski definition) is 2. The smallest absolute Gasteiger partial charge is 0.137 e. The van der Waals surface area contributed by atoms with Crippen molar-refractivity contribution in [2.45, 2.75) is 51.6 Å². The Bertz CT molecular complexity index is 469. The van der Waals surface area contributed by atoms with Crippen LogP contribution in [0.3, 0.4) is 0 Å². The Morgan fingerprint density at radius 1 is 1.30 bits per heavy atom. The van der Waals surface area contributed by atoms with E-state index in [0.29, 0.717) is 6.54 Å². The van der Waals surface area contributed by atoms with Gasteiger partial charge < -0.3 is 15.3 Å². The van der Waals surface area contributed by atoms with Gasteiger partial charge >= 0.3 is 0 Å². The predicted molar refractivity (Wildman–Crippen MR) is 82.4 cm³/mol. The summed E-state index contributed by atoms with van der Waals surface area (Å²) in [4.78, 5) is 11.2. The van der Waals surface area contributed by atoms with E-state index in [1.807, 2.05) is 21.0 Å². The number of hydrogen-bond acceptors (Lipinski definition) is 5. The standard InChI is InChI=1S/C15H26N4O/c1-5-12-17-13(16-3)11(2)14(18-12)19(4)10-15(20)8-6-7-9-15/h20H,5-10H2,1-4H3,(H,16,17,18). The summed E-state index contributed by atoms with van der Waals surface area (Å²) < 4.78 is 0. The van der Waals surface area contributed by atoms with Gasteiger partial charge in [0.05, 0.1) is 5.60 Å². The molecule has 0 bridgehead atoms. The van der Waals surface area contributed by atoms with E-state index < -0.39 is 5.60 Å². The second kappa shape index (κ2) is 5.95. The fourth-order valence-electron chi connectivity index (χ4n) is 3.03. The van der Waals surface area contributed by atoms with Crippen LogP contribution in [0.25, 0.3) is 0 Å². The van der Waals surface area contributed by atoms with Gasteiger partial charge in [-0.3, -0.25) is 0 Å². The maximum absolute atomic E-state index is 10.6. The van der Waals surface area contributed by atoms with Gasteiger partial charge in [-0.1, -0.05) is 19.8 Å². The van der Waals surface area contributed by atoms with Crippen molar-refractivity contribution in [3.8, 4) is 0 Å². The number of aliphatic hydroxyl groups is 1. The number of anilines is 2. The molecule has 2 N–H and O–H groups in total. The first-order valence-electron chi connectivity index (χ1n) is 7.48. The summed E-state index contributed by atoms with van der Waals surface area (Å²) in [6.45, 7) is 4.71. The number of aromatic nitrogens is 2. The SMILES string of the molecule is CCc1nc(NC)c(C)c(N(C)CC2(O)CCCC2)n1. The van der Waals surface area contributed by atoms with E-state index in [4.69, 9.17) is 0 Å². The van der Waals surface area contributed by atoms with Gasteiger partial charge in [0.1, 0.15) is 17.5 Å². The number of nitrogens with zero attached hydrogens (tertiary/aromatic N) is 3. The molecule has 1 aliphatic rings. The van der Waals surface area contributed by atoms with Crippen LogP contribution in [-0.2, 0) is 6.42 Å². The van der Waals surface area contributed by atoms with Crippen molar-refractivity contribution in [2.24, 2.45) is 0 Å². The minimum Gasteiger partial charge on any atom is -0.388 e. The Balaban J connectivity index is 2.26. The molecule has 0 aliphatic heterocycles. The molecule has 1 aliphatic carbocycles. The molecule has 0 spiro atoms. The van der Waals surface area contributed by atoms with Crippen molar-refractivity contribution in [1.29, 1.82) is 0 Å². The Labute approximate surface area is 121 Å². The fourth-order valence-corrected chi connectivity index (χ4v) is 3.03. The van der Waals surface area contributed by atoms with Crippen molar-refractivity contribution in [3.05, 3.63) is 11.4 Å². The lowest BCUT2D eigenvalue weighted by Gasteiger charge is -2.30. The molecule has 5 nitrogen and oxygen atoms in total. The Morgan fingerprint density at radius 2 is 1.95 bits per heavy atom. The van der Waals surface area contributed by atoms with Crippen molar-refractivity contribution in [3.63, 3.8) is 0 Å². The Hall–Kier alpha value is -1.36.